The summed E-state index contributed by atoms with van der Waals surface area (Å²) in [5, 5.41) is 12.2. The van der Waals surface area contributed by atoms with Crippen LogP contribution in [-0.2, 0) is 4.79 Å². The molecule has 0 aliphatic rings. The molecule has 2 heterocycles. The lowest BCUT2D eigenvalue weighted by Crippen LogP contribution is -2.29. The third-order valence-corrected chi connectivity index (χ3v) is 6.53. The number of aromatic amines is 2. The Balaban J connectivity index is 1.58. The first kappa shape index (κ1) is 25.3. The van der Waals surface area contributed by atoms with Crippen LogP contribution in [0.5, 0.6) is 5.88 Å². The lowest BCUT2D eigenvalue weighted by Gasteiger charge is -2.19. The average molecular weight is 532 g/mol. The van der Waals surface area contributed by atoms with Crippen molar-refractivity contribution in [2.75, 3.05) is 32.6 Å². The number of amides is 1. The minimum Gasteiger partial charge on any atom is -0.494 e. The zero-order valence-corrected chi connectivity index (χ0v) is 21.8. The summed E-state index contributed by atoms with van der Waals surface area (Å²) in [6.07, 6.45) is 0.412. The summed E-state index contributed by atoms with van der Waals surface area (Å²) in [4.78, 5) is 38.3. The van der Waals surface area contributed by atoms with E-state index in [1.54, 1.807) is 42.3 Å². The number of fused-ring (bicyclic) bond motifs is 2. The Hall–Kier alpha value is -4.34. The Morgan fingerprint density at radius 1 is 1.00 bits per heavy atom. The van der Waals surface area contributed by atoms with Gasteiger partial charge in [0.25, 0.3) is 0 Å². The summed E-state index contributed by atoms with van der Waals surface area (Å²) >= 11 is 6.16. The number of aromatic hydroxyl groups is 1. The van der Waals surface area contributed by atoms with Crippen molar-refractivity contribution in [1.29, 1.82) is 0 Å². The van der Waals surface area contributed by atoms with Crippen LogP contribution in [0.3, 0.4) is 0 Å². The Bertz CT molecular complexity index is 1730. The zero-order valence-electron chi connectivity index (χ0n) is 21.1. The first-order chi connectivity index (χ1) is 18.2. The molecular weight excluding hydrogens is 506 g/mol. The minimum absolute atomic E-state index is 0.0133. The number of hydrogen-bond acceptors (Lipinski definition) is 6. The van der Waals surface area contributed by atoms with Gasteiger partial charge in [0.15, 0.2) is 11.5 Å². The van der Waals surface area contributed by atoms with Crippen molar-refractivity contribution in [1.82, 2.24) is 14.9 Å². The fraction of sp³-hybridized carbons (Fsp3) is 0.179. The molecule has 0 aliphatic carbocycles. The summed E-state index contributed by atoms with van der Waals surface area (Å²) in [6.45, 7) is 0.667. The largest absolute Gasteiger partial charge is 0.494 e. The summed E-state index contributed by atoms with van der Waals surface area (Å²) < 4.78 is 5.26. The molecule has 0 unspecified atom stereocenters. The second-order valence-corrected chi connectivity index (χ2v) is 9.68. The number of aliphatic imine (C=N–C) groups is 1. The van der Waals surface area contributed by atoms with Crippen molar-refractivity contribution in [3.05, 3.63) is 87.4 Å². The Labute approximate surface area is 223 Å². The highest BCUT2D eigenvalue weighted by Gasteiger charge is 2.20. The number of aromatic nitrogens is 2. The third kappa shape index (κ3) is 5.06. The van der Waals surface area contributed by atoms with Gasteiger partial charge in [-0.15, -0.1) is 0 Å². The number of H-pyrrole nitrogens is 2. The second kappa shape index (κ2) is 10.2. The molecule has 0 spiro atoms. The van der Waals surface area contributed by atoms with Crippen LogP contribution in [0.1, 0.15) is 17.5 Å². The molecule has 0 atom stereocenters. The minimum atomic E-state index is -0.556. The fourth-order valence-corrected chi connectivity index (χ4v) is 4.44. The summed E-state index contributed by atoms with van der Waals surface area (Å²) in [5.74, 6) is -0.612. The molecule has 0 saturated heterocycles. The van der Waals surface area contributed by atoms with E-state index in [1.807, 2.05) is 49.3 Å². The highest BCUT2D eigenvalue weighted by atomic mass is 35.5. The molecule has 5 aromatic rings. The molecule has 2 aromatic heterocycles. The van der Waals surface area contributed by atoms with Crippen LogP contribution in [-0.4, -0.2) is 59.3 Å². The number of halogens is 1. The number of nitrogens with zero attached hydrogens (tertiary/aromatic N) is 3. The smallest absolute Gasteiger partial charge is 0.417 e. The molecular formula is C28H26ClN5O4. The van der Waals surface area contributed by atoms with Crippen molar-refractivity contribution in [3.63, 3.8) is 0 Å². The molecule has 3 N–H and O–H groups in total. The van der Waals surface area contributed by atoms with Crippen molar-refractivity contribution in [2.45, 2.75) is 6.42 Å². The monoisotopic (exact) mass is 531 g/mol. The molecule has 10 heteroatoms. The van der Waals surface area contributed by atoms with Crippen molar-refractivity contribution in [2.24, 2.45) is 4.99 Å². The zero-order chi connectivity index (χ0) is 27.0. The molecule has 0 fully saturated rings. The number of carbonyl (C=O) groups excluding carboxylic acids is 1. The van der Waals surface area contributed by atoms with Gasteiger partial charge >= 0.3 is 5.76 Å². The maximum absolute atomic E-state index is 12.5. The number of hydrogen-bond donors (Lipinski definition) is 3. The van der Waals surface area contributed by atoms with Gasteiger partial charge in [-0.1, -0.05) is 23.7 Å². The third-order valence-electron chi connectivity index (χ3n) is 6.30. The van der Waals surface area contributed by atoms with Gasteiger partial charge in [-0.25, -0.2) is 9.79 Å². The average Bonchev–Trinajstić information content (AvgIpc) is 3.42. The van der Waals surface area contributed by atoms with Gasteiger partial charge in [0.1, 0.15) is 0 Å². The van der Waals surface area contributed by atoms with Gasteiger partial charge < -0.3 is 24.3 Å². The van der Waals surface area contributed by atoms with Gasteiger partial charge in [-0.05, 0) is 62.6 Å². The molecule has 1 amide bonds. The van der Waals surface area contributed by atoms with Gasteiger partial charge in [-0.3, -0.25) is 9.78 Å². The van der Waals surface area contributed by atoms with Crippen LogP contribution in [0.2, 0.25) is 5.02 Å². The van der Waals surface area contributed by atoms with E-state index in [0.29, 0.717) is 57.1 Å². The lowest BCUT2D eigenvalue weighted by molar-refractivity contribution is -0.118. The normalized spacial score (nSPS) is 12.1. The standard InChI is InChI=1S/C28H26ClN5O4/c1-33(2)13-12-24(35)34(3)19-8-6-18(7-9-19)30-26(16-4-11-21-23(14-16)38-28(37)32-21)25-20-10-5-17(29)15-22(20)31-27(25)36/h4-11,14-15,31,36H,12-13H2,1-3H3,(H,32,37). The second-order valence-electron chi connectivity index (χ2n) is 9.25. The van der Waals surface area contributed by atoms with E-state index in [0.717, 1.165) is 11.1 Å². The fourth-order valence-electron chi connectivity index (χ4n) is 4.26. The quantitative estimate of drug-likeness (QED) is 0.254. The molecule has 0 bridgehead atoms. The molecule has 5 rings (SSSR count). The molecule has 0 radical (unpaired) electrons. The highest BCUT2D eigenvalue weighted by Crippen LogP contribution is 2.33. The molecule has 194 valence electrons. The summed E-state index contributed by atoms with van der Waals surface area (Å²) in [7, 11) is 5.61. The number of benzene rings is 3. The number of nitrogens with one attached hydrogen (secondary N) is 2. The number of carbonyl (C=O) groups is 1. The molecule has 3 aromatic carbocycles. The molecule has 0 aliphatic heterocycles. The number of anilines is 1. The van der Waals surface area contributed by atoms with E-state index in [4.69, 9.17) is 21.0 Å². The van der Waals surface area contributed by atoms with Crippen molar-refractivity contribution in [3.8, 4) is 5.88 Å². The van der Waals surface area contributed by atoms with Crippen LogP contribution >= 0.6 is 11.6 Å². The van der Waals surface area contributed by atoms with Gasteiger partial charge in [0.05, 0.1) is 28.0 Å². The summed E-state index contributed by atoms with van der Waals surface area (Å²) in [6, 6.07) is 17.8. The van der Waals surface area contributed by atoms with E-state index < -0.39 is 5.76 Å². The van der Waals surface area contributed by atoms with Gasteiger partial charge in [0, 0.05) is 41.7 Å². The first-order valence-electron chi connectivity index (χ1n) is 11.9. The van der Waals surface area contributed by atoms with Gasteiger partial charge in [-0.2, -0.15) is 0 Å². The van der Waals surface area contributed by atoms with Crippen LogP contribution in [0, 0.1) is 0 Å². The van der Waals surface area contributed by atoms with Crippen LogP contribution in [0.4, 0.5) is 11.4 Å². The van der Waals surface area contributed by atoms with Crippen LogP contribution in [0.25, 0.3) is 22.0 Å². The SMILES string of the molecule is CN(C)CCC(=O)N(C)c1ccc(N=C(c2ccc3[nH]c(=O)oc3c2)c2c(O)[nH]c3cc(Cl)ccc23)cc1. The maximum atomic E-state index is 12.5. The van der Waals surface area contributed by atoms with E-state index in [-0.39, 0.29) is 11.8 Å². The maximum Gasteiger partial charge on any atom is 0.417 e. The number of oxazole rings is 1. The summed E-state index contributed by atoms with van der Waals surface area (Å²) in [5.41, 5.74) is 4.51. The highest BCUT2D eigenvalue weighted by molar-refractivity contribution is 6.31. The van der Waals surface area contributed by atoms with E-state index in [2.05, 4.69) is 9.97 Å². The predicted molar refractivity (Wildman–Crippen MR) is 150 cm³/mol. The first-order valence-corrected chi connectivity index (χ1v) is 12.3. The Morgan fingerprint density at radius 3 is 2.50 bits per heavy atom. The Kier molecular flexibility index (Phi) is 6.79. The van der Waals surface area contributed by atoms with Gasteiger partial charge in [0.2, 0.25) is 5.91 Å². The Morgan fingerprint density at radius 2 is 1.76 bits per heavy atom. The van der Waals surface area contributed by atoms with E-state index in [1.165, 1.54) is 0 Å². The van der Waals surface area contributed by atoms with E-state index in [9.17, 15) is 14.7 Å². The molecule has 0 saturated carbocycles. The predicted octanol–water partition coefficient (Wildman–Crippen LogP) is 5.05. The van der Waals surface area contributed by atoms with E-state index >= 15 is 0 Å². The topological polar surface area (TPSA) is 118 Å². The van der Waals surface area contributed by atoms with Crippen molar-refractivity contribution >= 4 is 56.6 Å². The van der Waals surface area contributed by atoms with Crippen LogP contribution < -0.4 is 10.7 Å². The van der Waals surface area contributed by atoms with Crippen molar-refractivity contribution < 1.29 is 14.3 Å². The van der Waals surface area contributed by atoms with Crippen LogP contribution in [0.15, 0.2) is 74.9 Å². The molecule has 38 heavy (non-hydrogen) atoms. The molecule has 9 nitrogen and oxygen atoms in total. The lowest BCUT2D eigenvalue weighted by atomic mass is 10.0. The number of rotatable bonds is 7.